The summed E-state index contributed by atoms with van der Waals surface area (Å²) in [6.45, 7) is 9.08. The average molecular weight is 365 g/mol. The number of likely N-dealkylation sites (tertiary alicyclic amines) is 2. The van der Waals surface area contributed by atoms with Gasteiger partial charge in [0.15, 0.2) is 0 Å². The van der Waals surface area contributed by atoms with E-state index >= 15 is 0 Å². The number of allylic oxidation sites excluding steroid dienone is 1. The number of rotatable bonds is 5. The zero-order valence-electron chi connectivity index (χ0n) is 16.8. The number of piperidine rings is 2. The van der Waals surface area contributed by atoms with Crippen LogP contribution < -0.4 is 0 Å². The number of aliphatic hydroxyl groups is 1. The summed E-state index contributed by atoms with van der Waals surface area (Å²) < 4.78 is 5.38. The van der Waals surface area contributed by atoms with Gasteiger partial charge in [0.1, 0.15) is 0 Å². The molecule has 0 aromatic rings. The van der Waals surface area contributed by atoms with Crippen molar-refractivity contribution in [2.24, 2.45) is 10.8 Å². The van der Waals surface area contributed by atoms with Gasteiger partial charge in [-0.05, 0) is 46.0 Å². The smallest absolute Gasteiger partial charge is 0.231 e. The van der Waals surface area contributed by atoms with Crippen LogP contribution in [-0.2, 0) is 9.53 Å². The molecule has 0 unspecified atom stereocenters. The number of carbonyl (C=O) groups excluding carboxylic acids is 1. The van der Waals surface area contributed by atoms with E-state index < -0.39 is 0 Å². The van der Waals surface area contributed by atoms with Gasteiger partial charge in [0.25, 0.3) is 0 Å². The van der Waals surface area contributed by atoms with E-state index in [9.17, 15) is 9.90 Å². The van der Waals surface area contributed by atoms with Gasteiger partial charge in [-0.15, -0.1) is 0 Å². The van der Waals surface area contributed by atoms with Gasteiger partial charge in [-0.2, -0.15) is 0 Å². The van der Waals surface area contributed by atoms with Crippen molar-refractivity contribution in [1.29, 1.82) is 0 Å². The largest absolute Gasteiger partial charge is 0.392 e. The summed E-state index contributed by atoms with van der Waals surface area (Å²) in [5, 5.41) is 10.9. The minimum Gasteiger partial charge on any atom is -0.392 e. The molecule has 1 aliphatic carbocycles. The summed E-state index contributed by atoms with van der Waals surface area (Å²) in [7, 11) is 1.69. The van der Waals surface area contributed by atoms with E-state index in [1.54, 1.807) is 7.11 Å². The Bertz CT molecular complexity index is 539. The summed E-state index contributed by atoms with van der Waals surface area (Å²) in [6.07, 6.45) is 7.77. The van der Waals surface area contributed by atoms with Crippen LogP contribution in [0.5, 0.6) is 0 Å². The van der Waals surface area contributed by atoms with Crippen LogP contribution in [0.2, 0.25) is 0 Å². The maximum absolute atomic E-state index is 13.3. The Kier molecular flexibility index (Phi) is 6.10. The third-order valence-electron chi connectivity index (χ3n) is 6.80. The molecule has 148 valence electrons. The lowest BCUT2D eigenvalue weighted by Gasteiger charge is -2.53. The van der Waals surface area contributed by atoms with Crippen LogP contribution in [0, 0.1) is 10.8 Å². The molecule has 5 nitrogen and oxygen atoms in total. The molecule has 0 aromatic carbocycles. The van der Waals surface area contributed by atoms with Crippen molar-refractivity contribution < 1.29 is 14.6 Å². The predicted octanol–water partition coefficient (Wildman–Crippen LogP) is 2.44. The van der Waals surface area contributed by atoms with Crippen LogP contribution in [0.4, 0.5) is 0 Å². The molecule has 3 rings (SSSR count). The van der Waals surface area contributed by atoms with Crippen molar-refractivity contribution in [3.05, 3.63) is 11.6 Å². The Morgan fingerprint density at radius 3 is 2.58 bits per heavy atom. The minimum atomic E-state index is -0.305. The van der Waals surface area contributed by atoms with Crippen LogP contribution in [0.3, 0.4) is 0 Å². The molecule has 1 saturated carbocycles. The summed E-state index contributed by atoms with van der Waals surface area (Å²) in [4.78, 5) is 17.8. The molecule has 3 fully saturated rings. The molecular formula is C21H36N2O3. The standard InChI is InChI=1S/C21H36N2O3/c1-17(2)6-12-22-13-7-18(24)21(14-22)10-5-11-23(15-21)19(25)20(16-26-3)8-4-9-20/h6,18,24H,4-5,7-16H2,1-3H3/t18-,21-/m1/s1. The monoisotopic (exact) mass is 364 g/mol. The number of nitrogens with zero attached hydrogens (tertiary/aromatic N) is 2. The Morgan fingerprint density at radius 2 is 1.96 bits per heavy atom. The molecule has 1 N–H and O–H groups in total. The predicted molar refractivity (Wildman–Crippen MR) is 103 cm³/mol. The maximum Gasteiger partial charge on any atom is 0.231 e. The van der Waals surface area contributed by atoms with Crippen molar-refractivity contribution >= 4 is 5.91 Å². The molecule has 0 radical (unpaired) electrons. The minimum absolute atomic E-state index is 0.167. The normalized spacial score (nSPS) is 31.5. The second-order valence-corrected chi connectivity index (χ2v) is 9.08. The fraction of sp³-hybridized carbons (Fsp3) is 0.857. The van der Waals surface area contributed by atoms with E-state index in [0.717, 1.165) is 64.7 Å². The third-order valence-corrected chi connectivity index (χ3v) is 6.80. The molecule has 0 bridgehead atoms. The van der Waals surface area contributed by atoms with Gasteiger partial charge in [-0.3, -0.25) is 9.69 Å². The second-order valence-electron chi connectivity index (χ2n) is 9.08. The van der Waals surface area contributed by atoms with Gasteiger partial charge in [-0.25, -0.2) is 0 Å². The number of carbonyl (C=O) groups is 1. The Morgan fingerprint density at radius 1 is 1.19 bits per heavy atom. The summed E-state index contributed by atoms with van der Waals surface area (Å²) in [5.74, 6) is 0.262. The quantitative estimate of drug-likeness (QED) is 0.762. The van der Waals surface area contributed by atoms with E-state index in [2.05, 4.69) is 29.7 Å². The number of hydrogen-bond donors (Lipinski definition) is 1. The molecular weight excluding hydrogens is 328 g/mol. The lowest BCUT2D eigenvalue weighted by atomic mass is 9.66. The molecule has 2 atom stereocenters. The van der Waals surface area contributed by atoms with E-state index in [0.29, 0.717) is 13.2 Å². The highest BCUT2D eigenvalue weighted by atomic mass is 16.5. The maximum atomic E-state index is 13.3. The number of aliphatic hydroxyl groups excluding tert-OH is 1. The van der Waals surface area contributed by atoms with Gasteiger partial charge in [0.2, 0.25) is 5.91 Å². The summed E-state index contributed by atoms with van der Waals surface area (Å²) in [6, 6.07) is 0. The molecule has 0 aromatic heterocycles. The highest BCUT2D eigenvalue weighted by molar-refractivity contribution is 5.84. The third kappa shape index (κ3) is 3.85. The zero-order valence-corrected chi connectivity index (χ0v) is 16.8. The van der Waals surface area contributed by atoms with Crippen LogP contribution >= 0.6 is 0 Å². The Balaban J connectivity index is 1.71. The van der Waals surface area contributed by atoms with Crippen LogP contribution in [0.1, 0.15) is 52.4 Å². The Labute approximate surface area is 158 Å². The van der Waals surface area contributed by atoms with Crippen molar-refractivity contribution in [3.8, 4) is 0 Å². The van der Waals surface area contributed by atoms with Gasteiger partial charge in [0, 0.05) is 45.2 Å². The number of hydrogen-bond acceptors (Lipinski definition) is 4. The molecule has 1 amide bonds. The van der Waals surface area contributed by atoms with Crippen molar-refractivity contribution in [3.63, 3.8) is 0 Å². The van der Waals surface area contributed by atoms with Crippen LogP contribution in [0.25, 0.3) is 0 Å². The number of ether oxygens (including phenoxy) is 1. The van der Waals surface area contributed by atoms with E-state index in [1.807, 2.05) is 0 Å². The first-order valence-electron chi connectivity index (χ1n) is 10.2. The summed E-state index contributed by atoms with van der Waals surface area (Å²) >= 11 is 0. The fourth-order valence-corrected chi connectivity index (χ4v) is 5.08. The first kappa shape index (κ1) is 19.8. The number of methoxy groups -OCH3 is 1. The highest BCUT2D eigenvalue weighted by Crippen LogP contribution is 2.45. The zero-order chi connectivity index (χ0) is 18.8. The Hall–Kier alpha value is -0.910. The van der Waals surface area contributed by atoms with Crippen molar-refractivity contribution in [2.45, 2.75) is 58.5 Å². The fourth-order valence-electron chi connectivity index (χ4n) is 5.08. The highest BCUT2D eigenvalue weighted by Gasteiger charge is 2.51. The molecule has 2 heterocycles. The lowest BCUT2D eigenvalue weighted by molar-refractivity contribution is -0.161. The average Bonchev–Trinajstić information content (AvgIpc) is 2.59. The SMILES string of the molecule is COCC1(C(=O)N2CCC[C@@]3(CN(CC=C(C)C)CC[C@H]3O)C2)CCC1. The van der Waals surface area contributed by atoms with Gasteiger partial charge < -0.3 is 14.7 Å². The van der Waals surface area contributed by atoms with Gasteiger partial charge in [0.05, 0.1) is 18.1 Å². The molecule has 2 aliphatic heterocycles. The summed E-state index contributed by atoms with van der Waals surface area (Å²) in [5.41, 5.74) is 0.867. The number of amides is 1. The van der Waals surface area contributed by atoms with Crippen LogP contribution in [0.15, 0.2) is 11.6 Å². The molecule has 5 heteroatoms. The van der Waals surface area contributed by atoms with Crippen molar-refractivity contribution in [1.82, 2.24) is 9.80 Å². The second kappa shape index (κ2) is 7.99. The van der Waals surface area contributed by atoms with Gasteiger partial charge >= 0.3 is 0 Å². The van der Waals surface area contributed by atoms with E-state index in [4.69, 9.17) is 4.74 Å². The molecule has 1 spiro atoms. The van der Waals surface area contributed by atoms with E-state index in [1.165, 1.54) is 5.57 Å². The van der Waals surface area contributed by atoms with Crippen molar-refractivity contribution in [2.75, 3.05) is 46.4 Å². The molecule has 3 aliphatic rings. The van der Waals surface area contributed by atoms with E-state index in [-0.39, 0.29) is 22.8 Å². The molecule has 26 heavy (non-hydrogen) atoms. The topological polar surface area (TPSA) is 53.0 Å². The lowest BCUT2D eigenvalue weighted by Crippen LogP contribution is -2.62. The first-order valence-corrected chi connectivity index (χ1v) is 10.2. The van der Waals surface area contributed by atoms with Gasteiger partial charge in [-0.1, -0.05) is 18.1 Å². The molecule has 2 saturated heterocycles. The first-order chi connectivity index (χ1) is 12.4. The van der Waals surface area contributed by atoms with Crippen LogP contribution in [-0.4, -0.2) is 73.4 Å².